The minimum Gasteiger partial charge on any atom is -0.347 e. The second-order valence-electron chi connectivity index (χ2n) is 6.42. The number of anilines is 2. The number of carbonyl (C=O) groups is 1. The number of rotatable bonds is 5. The molecular weight excluding hydrogens is 324 g/mol. The first-order valence-electron chi connectivity index (χ1n) is 8.53. The van der Waals surface area contributed by atoms with Crippen LogP contribution in [0.15, 0.2) is 54.6 Å². The molecule has 3 rings (SSSR count). The number of aryl methyl sites for hydroxylation is 3. The van der Waals surface area contributed by atoms with Crippen molar-refractivity contribution in [1.29, 1.82) is 0 Å². The van der Waals surface area contributed by atoms with Crippen LogP contribution in [0.1, 0.15) is 32.7 Å². The zero-order valence-corrected chi connectivity index (χ0v) is 15.2. The summed E-state index contributed by atoms with van der Waals surface area (Å²) in [6.45, 7) is 6.56. The standard InChI is InChI=1S/C21H22N4O/c1-14-5-4-6-17(11-14)13-22-21(26)18-9-10-20(25-24-18)23-19-12-15(2)7-8-16(19)3/h4-12H,13H2,1-3H3,(H,22,26)(H,23,25). The lowest BCUT2D eigenvalue weighted by molar-refractivity contribution is 0.0945. The van der Waals surface area contributed by atoms with Crippen LogP contribution in [0.4, 0.5) is 11.5 Å². The highest BCUT2D eigenvalue weighted by atomic mass is 16.1. The molecule has 3 aromatic rings. The number of hydrogen-bond donors (Lipinski definition) is 2. The SMILES string of the molecule is Cc1cccc(CNC(=O)c2ccc(Nc3cc(C)ccc3C)nn2)c1. The van der Waals surface area contributed by atoms with Crippen molar-refractivity contribution in [3.05, 3.63) is 82.5 Å². The molecule has 132 valence electrons. The molecule has 0 aliphatic carbocycles. The molecule has 5 nitrogen and oxygen atoms in total. The van der Waals surface area contributed by atoms with E-state index in [1.807, 2.05) is 45.0 Å². The van der Waals surface area contributed by atoms with Crippen LogP contribution in [0.3, 0.4) is 0 Å². The summed E-state index contributed by atoms with van der Waals surface area (Å²) in [6.07, 6.45) is 0. The van der Waals surface area contributed by atoms with Gasteiger partial charge in [0.25, 0.3) is 5.91 Å². The van der Waals surface area contributed by atoms with Gasteiger partial charge in [-0.3, -0.25) is 4.79 Å². The van der Waals surface area contributed by atoms with Crippen molar-refractivity contribution in [1.82, 2.24) is 15.5 Å². The molecule has 26 heavy (non-hydrogen) atoms. The Balaban J connectivity index is 1.63. The minimum atomic E-state index is -0.239. The molecule has 0 spiro atoms. The van der Waals surface area contributed by atoms with Crippen LogP contribution in [0.2, 0.25) is 0 Å². The Hall–Kier alpha value is -3.21. The van der Waals surface area contributed by atoms with Crippen LogP contribution in [0.25, 0.3) is 0 Å². The number of nitrogens with one attached hydrogen (secondary N) is 2. The summed E-state index contributed by atoms with van der Waals surface area (Å²) in [5.41, 5.74) is 5.79. The second-order valence-corrected chi connectivity index (χ2v) is 6.42. The molecule has 0 aliphatic rings. The lowest BCUT2D eigenvalue weighted by atomic mass is 10.1. The third-order valence-corrected chi connectivity index (χ3v) is 4.09. The fourth-order valence-electron chi connectivity index (χ4n) is 2.62. The van der Waals surface area contributed by atoms with Crippen molar-refractivity contribution in [2.45, 2.75) is 27.3 Å². The summed E-state index contributed by atoms with van der Waals surface area (Å²) >= 11 is 0. The molecule has 0 saturated heterocycles. The van der Waals surface area contributed by atoms with Crippen molar-refractivity contribution in [2.75, 3.05) is 5.32 Å². The Kier molecular flexibility index (Phi) is 5.27. The molecular formula is C21H22N4O. The molecule has 1 amide bonds. The number of hydrogen-bond acceptors (Lipinski definition) is 4. The Morgan fingerprint density at radius 1 is 0.923 bits per heavy atom. The summed E-state index contributed by atoms with van der Waals surface area (Å²) in [5, 5.41) is 14.2. The van der Waals surface area contributed by atoms with E-state index in [9.17, 15) is 4.79 Å². The quantitative estimate of drug-likeness (QED) is 0.731. The lowest BCUT2D eigenvalue weighted by Crippen LogP contribution is -2.24. The largest absolute Gasteiger partial charge is 0.347 e. The molecule has 0 fully saturated rings. The smallest absolute Gasteiger partial charge is 0.272 e. The maximum absolute atomic E-state index is 12.2. The zero-order valence-electron chi connectivity index (χ0n) is 15.2. The van der Waals surface area contributed by atoms with Crippen LogP contribution >= 0.6 is 0 Å². The van der Waals surface area contributed by atoms with Gasteiger partial charge in [0.05, 0.1) is 0 Å². The molecule has 0 aliphatic heterocycles. The summed E-state index contributed by atoms with van der Waals surface area (Å²) in [7, 11) is 0. The highest BCUT2D eigenvalue weighted by Crippen LogP contribution is 2.20. The van der Waals surface area contributed by atoms with Crippen molar-refractivity contribution >= 4 is 17.4 Å². The van der Waals surface area contributed by atoms with E-state index in [0.717, 1.165) is 16.8 Å². The molecule has 0 saturated carbocycles. The number of amides is 1. The molecule has 0 bridgehead atoms. The molecule has 0 radical (unpaired) electrons. The first kappa shape index (κ1) is 17.6. The van der Waals surface area contributed by atoms with E-state index < -0.39 is 0 Å². The van der Waals surface area contributed by atoms with Gasteiger partial charge in [0, 0.05) is 12.2 Å². The maximum Gasteiger partial charge on any atom is 0.272 e. The third-order valence-electron chi connectivity index (χ3n) is 4.09. The number of nitrogens with zero attached hydrogens (tertiary/aromatic N) is 2. The minimum absolute atomic E-state index is 0.239. The summed E-state index contributed by atoms with van der Waals surface area (Å²) in [6, 6.07) is 17.6. The Morgan fingerprint density at radius 3 is 2.46 bits per heavy atom. The van der Waals surface area contributed by atoms with E-state index in [1.165, 1.54) is 11.1 Å². The van der Waals surface area contributed by atoms with Gasteiger partial charge in [-0.05, 0) is 55.7 Å². The lowest BCUT2D eigenvalue weighted by Gasteiger charge is -2.10. The van der Waals surface area contributed by atoms with Gasteiger partial charge in [0.15, 0.2) is 11.5 Å². The van der Waals surface area contributed by atoms with Crippen LogP contribution in [-0.4, -0.2) is 16.1 Å². The molecule has 5 heteroatoms. The van der Waals surface area contributed by atoms with Crippen LogP contribution in [-0.2, 0) is 6.54 Å². The van der Waals surface area contributed by atoms with E-state index >= 15 is 0 Å². The molecule has 1 heterocycles. The van der Waals surface area contributed by atoms with Gasteiger partial charge in [0.2, 0.25) is 0 Å². The predicted octanol–water partition coefficient (Wildman–Crippen LogP) is 4.08. The van der Waals surface area contributed by atoms with Gasteiger partial charge >= 0.3 is 0 Å². The Labute approximate surface area is 153 Å². The fraction of sp³-hybridized carbons (Fsp3) is 0.190. The van der Waals surface area contributed by atoms with Gasteiger partial charge in [-0.1, -0.05) is 42.0 Å². The van der Waals surface area contributed by atoms with E-state index in [1.54, 1.807) is 12.1 Å². The molecule has 2 aromatic carbocycles. The maximum atomic E-state index is 12.2. The first-order chi connectivity index (χ1) is 12.5. The number of carbonyl (C=O) groups excluding carboxylic acids is 1. The first-order valence-corrected chi connectivity index (χ1v) is 8.53. The summed E-state index contributed by atoms with van der Waals surface area (Å²) < 4.78 is 0. The van der Waals surface area contributed by atoms with Crippen molar-refractivity contribution in [3.8, 4) is 0 Å². The predicted molar refractivity (Wildman–Crippen MR) is 104 cm³/mol. The normalized spacial score (nSPS) is 10.4. The fourth-order valence-corrected chi connectivity index (χ4v) is 2.62. The number of aromatic nitrogens is 2. The van der Waals surface area contributed by atoms with Crippen molar-refractivity contribution in [2.24, 2.45) is 0 Å². The van der Waals surface area contributed by atoms with Gasteiger partial charge in [-0.2, -0.15) is 0 Å². The molecule has 2 N–H and O–H groups in total. The summed E-state index contributed by atoms with van der Waals surface area (Å²) in [4.78, 5) is 12.2. The highest BCUT2D eigenvalue weighted by molar-refractivity contribution is 5.92. The van der Waals surface area contributed by atoms with E-state index in [0.29, 0.717) is 18.1 Å². The van der Waals surface area contributed by atoms with Gasteiger partial charge < -0.3 is 10.6 Å². The Bertz CT molecular complexity index is 920. The topological polar surface area (TPSA) is 66.9 Å². The molecule has 0 atom stereocenters. The number of benzene rings is 2. The average molecular weight is 346 g/mol. The van der Waals surface area contributed by atoms with Crippen LogP contribution < -0.4 is 10.6 Å². The van der Waals surface area contributed by atoms with Crippen LogP contribution in [0.5, 0.6) is 0 Å². The second kappa shape index (κ2) is 7.78. The van der Waals surface area contributed by atoms with E-state index in [-0.39, 0.29) is 5.91 Å². The molecule has 0 unspecified atom stereocenters. The summed E-state index contributed by atoms with van der Waals surface area (Å²) in [5.74, 6) is 0.367. The van der Waals surface area contributed by atoms with Gasteiger partial charge in [-0.15, -0.1) is 10.2 Å². The third kappa shape index (κ3) is 4.45. The van der Waals surface area contributed by atoms with Crippen molar-refractivity contribution in [3.63, 3.8) is 0 Å². The average Bonchev–Trinajstić information content (AvgIpc) is 2.63. The van der Waals surface area contributed by atoms with Gasteiger partial charge in [-0.25, -0.2) is 0 Å². The Morgan fingerprint density at radius 2 is 1.73 bits per heavy atom. The van der Waals surface area contributed by atoms with E-state index in [2.05, 4.69) is 39.0 Å². The monoisotopic (exact) mass is 346 g/mol. The zero-order chi connectivity index (χ0) is 18.5. The highest BCUT2D eigenvalue weighted by Gasteiger charge is 2.09. The molecule has 1 aromatic heterocycles. The van der Waals surface area contributed by atoms with E-state index in [4.69, 9.17) is 0 Å². The van der Waals surface area contributed by atoms with Gasteiger partial charge in [0.1, 0.15) is 0 Å². The van der Waals surface area contributed by atoms with Crippen molar-refractivity contribution < 1.29 is 4.79 Å². The van der Waals surface area contributed by atoms with Crippen LogP contribution in [0, 0.1) is 20.8 Å².